The predicted octanol–water partition coefficient (Wildman–Crippen LogP) is 5.76. The Morgan fingerprint density at radius 3 is 1.29 bits per heavy atom. The van der Waals surface area contributed by atoms with Gasteiger partial charge < -0.3 is 0 Å². The third-order valence-electron chi connectivity index (χ3n) is 2.39. The summed E-state index contributed by atoms with van der Waals surface area (Å²) in [4.78, 5) is 2.32. The molecule has 0 aliphatic rings. The topological polar surface area (TPSA) is 12.4 Å². The van der Waals surface area contributed by atoms with E-state index < -0.39 is 45.5 Å². The molecule has 24 heavy (non-hydrogen) atoms. The molecule has 0 radical (unpaired) electrons. The van der Waals surface area contributed by atoms with Crippen molar-refractivity contribution in [1.82, 2.24) is 0 Å². The number of halogens is 15. The normalized spacial score (nSPS) is 16.5. The molecule has 16 heteroatoms. The Kier molecular flexibility index (Phi) is 6.44. The molecule has 0 amide bonds. The van der Waals surface area contributed by atoms with Crippen molar-refractivity contribution < 1.29 is 57.1 Å². The van der Waals surface area contributed by atoms with Gasteiger partial charge in [0.1, 0.15) is 9.72 Å². The minimum atomic E-state index is -7.91. The van der Waals surface area contributed by atoms with Gasteiger partial charge in [-0.1, -0.05) is 0 Å². The Morgan fingerprint density at radius 1 is 0.667 bits per heavy atom. The quantitative estimate of drug-likeness (QED) is 0.139. The summed E-state index contributed by atoms with van der Waals surface area (Å²) in [5.41, 5.74) is 0. The zero-order valence-electron chi connectivity index (χ0n) is 10.3. The van der Waals surface area contributed by atoms with Gasteiger partial charge in [-0.05, 0) is 22.6 Å². The zero-order chi connectivity index (χ0) is 20.0. The van der Waals surface area contributed by atoms with E-state index >= 15 is 0 Å². The van der Waals surface area contributed by atoms with Crippen molar-refractivity contribution in [3.8, 4) is 0 Å². The smallest absolute Gasteiger partial charge is 0.261 e. The fourth-order valence-electron chi connectivity index (χ4n) is 1.05. The lowest BCUT2D eigenvalue weighted by Crippen LogP contribution is -2.70. The largest absolute Gasteiger partial charge is 0.460 e. The molecule has 144 valence electrons. The van der Waals surface area contributed by atoms with Crippen LogP contribution in [0.25, 0.3) is 0 Å². The molecule has 0 spiro atoms. The summed E-state index contributed by atoms with van der Waals surface area (Å²) in [7, 11) is 0. The van der Waals surface area contributed by atoms with Crippen molar-refractivity contribution >= 4 is 37.9 Å². The van der Waals surface area contributed by atoms with E-state index in [0.29, 0.717) is 0 Å². The molecular formula is C8H2ClF13IN. The summed E-state index contributed by atoms with van der Waals surface area (Å²) in [6, 6.07) is -1.25. The molecule has 0 bridgehead atoms. The van der Waals surface area contributed by atoms with Gasteiger partial charge in [-0.15, -0.1) is 11.6 Å². The van der Waals surface area contributed by atoms with Crippen LogP contribution < -0.4 is 0 Å². The van der Waals surface area contributed by atoms with Crippen LogP contribution in [-0.2, 0) is 0 Å². The molecule has 0 aromatic heterocycles. The van der Waals surface area contributed by atoms with Gasteiger partial charge in [0.05, 0.1) is 0 Å². The highest BCUT2D eigenvalue weighted by molar-refractivity contribution is 14.1. The van der Waals surface area contributed by atoms with E-state index in [2.05, 4.69) is 4.99 Å². The standard InChI is InChI=1S/C8H2ClF13IN/c9-1-24-2(23)3(10,11)4(12,13)5(14,15)6(16,17)7(18,19)8(20,21)22/h1H2/b24-2-. The molecule has 0 rings (SSSR count). The van der Waals surface area contributed by atoms with E-state index in [4.69, 9.17) is 11.6 Å². The predicted molar refractivity (Wildman–Crippen MR) is 63.0 cm³/mol. The maximum Gasteiger partial charge on any atom is 0.460 e. The lowest BCUT2D eigenvalue weighted by Gasteiger charge is -2.39. The highest BCUT2D eigenvalue weighted by Gasteiger charge is 2.91. The van der Waals surface area contributed by atoms with Crippen LogP contribution in [0, 0.1) is 0 Å². The molecule has 1 nitrogen and oxygen atoms in total. The van der Waals surface area contributed by atoms with Crippen molar-refractivity contribution in [3.63, 3.8) is 0 Å². The number of nitrogens with zero attached hydrogens (tertiary/aromatic N) is 1. The molecule has 0 atom stereocenters. The van der Waals surface area contributed by atoms with Crippen LogP contribution in [0.1, 0.15) is 0 Å². The van der Waals surface area contributed by atoms with E-state index in [1.54, 1.807) is 0 Å². The monoisotopic (exact) mass is 521 g/mol. The van der Waals surface area contributed by atoms with E-state index in [9.17, 15) is 57.1 Å². The van der Waals surface area contributed by atoms with Crippen molar-refractivity contribution in [3.05, 3.63) is 0 Å². The molecule has 0 aliphatic heterocycles. The second kappa shape index (κ2) is 6.50. The molecule has 0 heterocycles. The number of hydrogen-bond acceptors (Lipinski definition) is 1. The summed E-state index contributed by atoms with van der Waals surface area (Å²) in [5, 5.41) is 0. The summed E-state index contributed by atoms with van der Waals surface area (Å²) in [6.45, 7) is 0. The van der Waals surface area contributed by atoms with Crippen LogP contribution in [0.5, 0.6) is 0 Å². The summed E-state index contributed by atoms with van der Waals surface area (Å²) in [6.07, 6.45) is -7.43. The lowest BCUT2D eigenvalue weighted by molar-refractivity contribution is -0.434. The summed E-state index contributed by atoms with van der Waals surface area (Å²) in [5.74, 6) is -37.2. The molecule has 0 aromatic carbocycles. The third-order valence-corrected chi connectivity index (χ3v) is 3.53. The number of alkyl halides is 14. The van der Waals surface area contributed by atoms with Gasteiger partial charge in [-0.3, -0.25) is 4.99 Å². The van der Waals surface area contributed by atoms with Gasteiger partial charge in [-0.2, -0.15) is 57.1 Å². The minimum Gasteiger partial charge on any atom is -0.261 e. The average molecular weight is 521 g/mol. The van der Waals surface area contributed by atoms with Crippen molar-refractivity contribution in [2.24, 2.45) is 4.99 Å². The summed E-state index contributed by atoms with van der Waals surface area (Å²) < 4.78 is 163. The molecule has 0 aromatic rings. The maximum absolute atomic E-state index is 13.2. The van der Waals surface area contributed by atoms with Gasteiger partial charge >= 0.3 is 35.8 Å². The first-order valence-electron chi connectivity index (χ1n) is 4.95. The summed E-state index contributed by atoms with van der Waals surface area (Å²) >= 11 is 4.88. The Hall–Kier alpha value is -0.220. The van der Waals surface area contributed by atoms with Crippen LogP contribution in [0.15, 0.2) is 4.99 Å². The fraction of sp³-hybridized carbons (Fsp3) is 0.875. The van der Waals surface area contributed by atoms with E-state index in [1.807, 2.05) is 0 Å². The highest BCUT2D eigenvalue weighted by atomic mass is 127. The van der Waals surface area contributed by atoms with Gasteiger partial charge in [-0.25, -0.2) is 0 Å². The van der Waals surface area contributed by atoms with E-state index in [1.165, 1.54) is 0 Å². The molecular weight excluding hydrogens is 519 g/mol. The molecule has 0 aliphatic carbocycles. The number of hydrogen-bond donors (Lipinski definition) is 0. The van der Waals surface area contributed by atoms with Gasteiger partial charge in [0.25, 0.3) is 0 Å². The molecule has 0 fully saturated rings. The Balaban J connectivity index is 6.36. The first-order chi connectivity index (χ1) is 10.2. The van der Waals surface area contributed by atoms with Crippen LogP contribution >= 0.6 is 34.2 Å². The first kappa shape index (κ1) is 23.8. The Labute approximate surface area is 142 Å². The highest BCUT2D eigenvalue weighted by Crippen LogP contribution is 2.60. The third kappa shape index (κ3) is 3.25. The number of aliphatic imine (C=N–C) groups is 1. The molecule has 0 N–H and O–H groups in total. The molecule has 0 saturated carbocycles. The minimum absolute atomic E-state index is 0.162. The number of rotatable bonds is 6. The van der Waals surface area contributed by atoms with Crippen LogP contribution in [0.2, 0.25) is 0 Å². The maximum atomic E-state index is 13.2. The van der Waals surface area contributed by atoms with Gasteiger partial charge in [0, 0.05) is 0 Å². The molecule has 0 saturated heterocycles. The van der Waals surface area contributed by atoms with Crippen molar-refractivity contribution in [2.75, 3.05) is 6.00 Å². The molecule has 0 unspecified atom stereocenters. The lowest BCUT2D eigenvalue weighted by atomic mass is 9.94. The second-order valence-corrected chi connectivity index (χ2v) is 5.20. The zero-order valence-corrected chi connectivity index (χ0v) is 13.2. The van der Waals surface area contributed by atoms with Crippen LogP contribution in [0.4, 0.5) is 57.1 Å². The SMILES string of the molecule is FC(F)(F)C(F)(F)C(F)(F)C(F)(F)C(F)(F)C(F)(F)/C(I)=N/CCl. The van der Waals surface area contributed by atoms with Gasteiger partial charge in [0.15, 0.2) is 0 Å². The van der Waals surface area contributed by atoms with E-state index in [0.717, 1.165) is 0 Å². The Bertz CT molecular complexity index is 497. The van der Waals surface area contributed by atoms with Crippen LogP contribution in [0.3, 0.4) is 0 Å². The Morgan fingerprint density at radius 2 is 1.00 bits per heavy atom. The second-order valence-electron chi connectivity index (χ2n) is 3.94. The van der Waals surface area contributed by atoms with Crippen LogP contribution in [-0.4, -0.2) is 45.5 Å². The van der Waals surface area contributed by atoms with Crippen molar-refractivity contribution in [1.29, 1.82) is 0 Å². The van der Waals surface area contributed by atoms with Crippen molar-refractivity contribution in [2.45, 2.75) is 35.8 Å². The average Bonchev–Trinajstić information content (AvgIpc) is 2.36. The first-order valence-corrected chi connectivity index (χ1v) is 6.57. The van der Waals surface area contributed by atoms with E-state index in [-0.39, 0.29) is 22.6 Å². The van der Waals surface area contributed by atoms with Gasteiger partial charge in [0.2, 0.25) is 0 Å². The fourth-order valence-corrected chi connectivity index (χ4v) is 1.88.